The van der Waals surface area contributed by atoms with E-state index in [2.05, 4.69) is 4.72 Å². The number of hydrogen-bond acceptors (Lipinski definition) is 4. The summed E-state index contributed by atoms with van der Waals surface area (Å²) in [6.45, 7) is 0.328. The number of sulfonamides is 1. The van der Waals surface area contributed by atoms with Gasteiger partial charge < -0.3 is 10.5 Å². The van der Waals surface area contributed by atoms with Crippen molar-refractivity contribution in [2.45, 2.75) is 11.3 Å². The molecule has 5 nitrogen and oxygen atoms in total. The largest absolute Gasteiger partial charge is 0.497 e. The van der Waals surface area contributed by atoms with E-state index in [-0.39, 0.29) is 10.8 Å². The maximum absolute atomic E-state index is 12.1. The molecule has 0 bridgehead atoms. The minimum Gasteiger partial charge on any atom is -0.497 e. The number of nitrogens with one attached hydrogen (secondary N) is 1. The number of ether oxygens (including phenoxy) is 1. The van der Waals surface area contributed by atoms with E-state index >= 15 is 0 Å². The minimum atomic E-state index is -3.53. The number of nitrogens with two attached hydrogens (primary N) is 1. The van der Waals surface area contributed by atoms with E-state index in [1.54, 1.807) is 19.2 Å². The van der Waals surface area contributed by atoms with E-state index in [0.717, 1.165) is 12.2 Å². The van der Waals surface area contributed by atoms with E-state index < -0.39 is 10.0 Å². The van der Waals surface area contributed by atoms with Gasteiger partial charge in [0.05, 0.1) is 12.0 Å². The zero-order chi connectivity index (χ0) is 14.6. The highest BCUT2D eigenvalue weighted by molar-refractivity contribution is 7.89. The van der Waals surface area contributed by atoms with E-state index in [0.29, 0.717) is 12.2 Å². The van der Waals surface area contributed by atoms with Gasteiger partial charge in [0, 0.05) is 12.2 Å². The monoisotopic (exact) mass is 294 g/mol. The van der Waals surface area contributed by atoms with Gasteiger partial charge in [0.25, 0.3) is 0 Å². The standard InChI is InChI=1S/C14H18N2O3S/c1-19-13-6-2-4-11(8-13)10-16-20(17,18)14-7-3-5-12(15)9-14/h2-3,5-9,11,16H,4,10,15H2,1H3. The highest BCUT2D eigenvalue weighted by atomic mass is 32.2. The highest BCUT2D eigenvalue weighted by Gasteiger charge is 2.17. The molecule has 6 heteroatoms. The Labute approximate surface area is 119 Å². The van der Waals surface area contributed by atoms with Crippen LogP contribution in [0.15, 0.2) is 53.1 Å². The van der Waals surface area contributed by atoms with Gasteiger partial charge in [0.15, 0.2) is 0 Å². The Kier molecular flexibility index (Phi) is 4.46. The number of benzene rings is 1. The van der Waals surface area contributed by atoms with E-state index in [1.807, 2.05) is 18.2 Å². The lowest BCUT2D eigenvalue weighted by Gasteiger charge is -2.16. The van der Waals surface area contributed by atoms with Crippen molar-refractivity contribution in [2.75, 3.05) is 19.4 Å². The molecule has 0 radical (unpaired) electrons. The number of methoxy groups -OCH3 is 1. The van der Waals surface area contributed by atoms with Gasteiger partial charge in [-0.15, -0.1) is 0 Å². The first-order valence-electron chi connectivity index (χ1n) is 6.29. The quantitative estimate of drug-likeness (QED) is 0.809. The lowest BCUT2D eigenvalue weighted by molar-refractivity contribution is 0.299. The molecule has 1 unspecified atom stereocenters. The van der Waals surface area contributed by atoms with Gasteiger partial charge in [0.2, 0.25) is 10.0 Å². The first-order valence-corrected chi connectivity index (χ1v) is 7.77. The van der Waals surface area contributed by atoms with Gasteiger partial charge in [-0.05, 0) is 42.7 Å². The summed E-state index contributed by atoms with van der Waals surface area (Å²) in [7, 11) is -1.94. The van der Waals surface area contributed by atoms with Gasteiger partial charge in [-0.2, -0.15) is 0 Å². The average molecular weight is 294 g/mol. The fraction of sp³-hybridized carbons (Fsp3) is 0.286. The van der Waals surface area contributed by atoms with Gasteiger partial charge in [-0.1, -0.05) is 12.1 Å². The van der Waals surface area contributed by atoms with Gasteiger partial charge in [-0.25, -0.2) is 13.1 Å². The third-order valence-corrected chi connectivity index (χ3v) is 4.48. The zero-order valence-corrected chi connectivity index (χ0v) is 12.1. The smallest absolute Gasteiger partial charge is 0.240 e. The Balaban J connectivity index is 2.03. The fourth-order valence-electron chi connectivity index (χ4n) is 1.98. The van der Waals surface area contributed by atoms with Crippen LogP contribution in [-0.2, 0) is 14.8 Å². The molecular formula is C14H18N2O3S. The predicted molar refractivity (Wildman–Crippen MR) is 78.4 cm³/mol. The summed E-state index contributed by atoms with van der Waals surface area (Å²) >= 11 is 0. The SMILES string of the molecule is COC1=CC(CNS(=O)(=O)c2cccc(N)c2)CC=C1. The zero-order valence-electron chi connectivity index (χ0n) is 11.2. The molecule has 108 valence electrons. The molecule has 0 heterocycles. The van der Waals surface area contributed by atoms with Crippen molar-refractivity contribution in [3.05, 3.63) is 48.3 Å². The summed E-state index contributed by atoms with van der Waals surface area (Å²) in [4.78, 5) is 0.180. The lowest BCUT2D eigenvalue weighted by atomic mass is 10.0. The second-order valence-electron chi connectivity index (χ2n) is 4.60. The number of hydrogen-bond donors (Lipinski definition) is 2. The summed E-state index contributed by atoms with van der Waals surface area (Å²) in [5.41, 5.74) is 6.03. The van der Waals surface area contributed by atoms with Crippen LogP contribution >= 0.6 is 0 Å². The average Bonchev–Trinajstić information content (AvgIpc) is 2.45. The molecule has 2 rings (SSSR count). The van der Waals surface area contributed by atoms with Crippen LogP contribution in [0.1, 0.15) is 6.42 Å². The van der Waals surface area contributed by atoms with Gasteiger partial charge in [-0.3, -0.25) is 0 Å². The Bertz CT molecular complexity index is 636. The molecule has 1 aromatic rings. The summed E-state index contributed by atoms with van der Waals surface area (Å²) < 4.78 is 32.0. The maximum Gasteiger partial charge on any atom is 0.240 e. The molecule has 0 fully saturated rings. The van der Waals surface area contributed by atoms with Crippen LogP contribution in [0, 0.1) is 5.92 Å². The third kappa shape index (κ3) is 3.61. The summed E-state index contributed by atoms with van der Waals surface area (Å²) in [5, 5.41) is 0. The molecule has 0 aromatic heterocycles. The lowest BCUT2D eigenvalue weighted by Crippen LogP contribution is -2.29. The number of nitrogen functional groups attached to an aromatic ring is 1. The third-order valence-electron chi connectivity index (χ3n) is 3.06. The molecule has 3 N–H and O–H groups in total. The van der Waals surface area contributed by atoms with Crippen LogP contribution in [-0.4, -0.2) is 22.1 Å². The van der Waals surface area contributed by atoms with Gasteiger partial charge in [0.1, 0.15) is 5.76 Å². The minimum absolute atomic E-state index is 0.0887. The Hall–Kier alpha value is -1.79. The van der Waals surface area contributed by atoms with Crippen molar-refractivity contribution in [1.82, 2.24) is 4.72 Å². The molecule has 1 aliphatic rings. The number of allylic oxidation sites excluding steroid dienone is 2. The van der Waals surface area contributed by atoms with Crippen molar-refractivity contribution in [3.8, 4) is 0 Å². The summed E-state index contributed by atoms with van der Waals surface area (Å²) in [5.74, 6) is 0.843. The fourth-order valence-corrected chi connectivity index (χ4v) is 3.12. The first-order chi connectivity index (χ1) is 9.51. The molecule has 0 saturated heterocycles. The normalized spacial score (nSPS) is 18.6. The topological polar surface area (TPSA) is 81.4 Å². The summed E-state index contributed by atoms with van der Waals surface area (Å²) in [6.07, 6.45) is 6.55. The maximum atomic E-state index is 12.1. The van der Waals surface area contributed by atoms with Crippen molar-refractivity contribution < 1.29 is 13.2 Å². The Morgan fingerprint density at radius 3 is 2.95 bits per heavy atom. The molecule has 1 atom stereocenters. The van der Waals surface area contributed by atoms with E-state index in [1.165, 1.54) is 12.1 Å². The van der Waals surface area contributed by atoms with Crippen LogP contribution in [0.3, 0.4) is 0 Å². The van der Waals surface area contributed by atoms with Crippen LogP contribution in [0.25, 0.3) is 0 Å². The van der Waals surface area contributed by atoms with Crippen LogP contribution in [0.2, 0.25) is 0 Å². The van der Waals surface area contributed by atoms with Crippen molar-refractivity contribution in [3.63, 3.8) is 0 Å². The van der Waals surface area contributed by atoms with Crippen LogP contribution in [0.5, 0.6) is 0 Å². The molecule has 0 spiro atoms. The van der Waals surface area contributed by atoms with Crippen molar-refractivity contribution in [1.29, 1.82) is 0 Å². The summed E-state index contributed by atoms with van der Waals surface area (Å²) in [6, 6.07) is 6.24. The molecular weight excluding hydrogens is 276 g/mol. The molecule has 0 amide bonds. The first kappa shape index (κ1) is 14.6. The molecule has 0 saturated carbocycles. The van der Waals surface area contributed by atoms with Crippen molar-refractivity contribution in [2.24, 2.45) is 5.92 Å². The van der Waals surface area contributed by atoms with E-state index in [4.69, 9.17) is 10.5 Å². The molecule has 20 heavy (non-hydrogen) atoms. The van der Waals surface area contributed by atoms with Crippen LogP contribution in [0.4, 0.5) is 5.69 Å². The Morgan fingerprint density at radius 1 is 1.45 bits per heavy atom. The predicted octanol–water partition coefficient (Wildman–Crippen LogP) is 1.65. The number of rotatable bonds is 5. The highest BCUT2D eigenvalue weighted by Crippen LogP contribution is 2.18. The second kappa shape index (κ2) is 6.11. The Morgan fingerprint density at radius 2 is 2.25 bits per heavy atom. The molecule has 1 aromatic carbocycles. The molecule has 0 aliphatic heterocycles. The van der Waals surface area contributed by atoms with Crippen LogP contribution < -0.4 is 10.5 Å². The van der Waals surface area contributed by atoms with Gasteiger partial charge >= 0.3 is 0 Å². The van der Waals surface area contributed by atoms with Crippen molar-refractivity contribution >= 4 is 15.7 Å². The second-order valence-corrected chi connectivity index (χ2v) is 6.36. The van der Waals surface area contributed by atoms with E-state index in [9.17, 15) is 8.42 Å². The molecule has 1 aliphatic carbocycles. The number of anilines is 1.